The van der Waals surface area contributed by atoms with Gasteiger partial charge in [-0.3, -0.25) is 14.4 Å². The molecule has 0 unspecified atom stereocenters. The maximum atomic E-state index is 12.5. The van der Waals surface area contributed by atoms with Crippen molar-refractivity contribution in [1.29, 1.82) is 0 Å². The van der Waals surface area contributed by atoms with Gasteiger partial charge in [-0.05, 0) is 28.1 Å². The molecule has 1 aliphatic rings. The number of hydrogen-bond acceptors (Lipinski definition) is 4. The largest absolute Gasteiger partial charge is 0.506 e. The monoisotopic (exact) mass is 395 g/mol. The Morgan fingerprint density at radius 2 is 1.79 bits per heavy atom. The van der Waals surface area contributed by atoms with Gasteiger partial charge in [0.1, 0.15) is 11.6 Å². The summed E-state index contributed by atoms with van der Waals surface area (Å²) in [6, 6.07) is 2.05. The maximum Gasteiger partial charge on any atom is 0.239 e. The molecule has 1 heterocycles. The minimum absolute atomic E-state index is 0.0584. The Kier molecular flexibility index (Phi) is 5.61. The molecule has 1 aromatic rings. The Labute approximate surface area is 124 Å². The molecule has 1 fully saturated rings. The zero-order valence-corrected chi connectivity index (χ0v) is 12.6. The van der Waals surface area contributed by atoms with Gasteiger partial charge >= 0.3 is 0 Å². The fraction of sp³-hybridized carbons (Fsp3) is 0.182. The number of hydrogen-bond donors (Lipinski definition) is 1. The lowest BCUT2D eigenvalue weighted by Gasteiger charge is -1.98. The van der Waals surface area contributed by atoms with Crippen LogP contribution in [-0.4, -0.2) is 27.1 Å². The van der Waals surface area contributed by atoms with Crippen LogP contribution >= 0.6 is 32.1 Å². The SMILES string of the molecule is O=C1CCC(=O)N1Br.O=Cc1cc(F)cc(Br)c1O. The molecule has 5 nitrogen and oxygen atoms in total. The molecule has 1 aliphatic heterocycles. The van der Waals surface area contributed by atoms with Crippen LogP contribution in [0.4, 0.5) is 4.39 Å². The fourth-order valence-electron chi connectivity index (χ4n) is 1.22. The molecule has 0 saturated carbocycles. The third-order valence-corrected chi connectivity index (χ3v) is 3.57. The lowest BCUT2D eigenvalue weighted by atomic mass is 10.2. The third-order valence-electron chi connectivity index (χ3n) is 2.18. The lowest BCUT2D eigenvalue weighted by Crippen LogP contribution is -2.16. The van der Waals surface area contributed by atoms with Gasteiger partial charge in [-0.15, -0.1) is 0 Å². The van der Waals surface area contributed by atoms with Gasteiger partial charge in [0.2, 0.25) is 11.8 Å². The number of phenolic OH excluding ortho intramolecular Hbond substituents is 1. The first-order valence-corrected chi connectivity index (χ1v) is 6.51. The number of phenols is 1. The van der Waals surface area contributed by atoms with Crippen molar-refractivity contribution in [2.45, 2.75) is 12.8 Å². The van der Waals surface area contributed by atoms with Crippen LogP contribution in [0.1, 0.15) is 23.2 Å². The van der Waals surface area contributed by atoms with E-state index in [-0.39, 0.29) is 27.6 Å². The highest BCUT2D eigenvalue weighted by molar-refractivity contribution is 9.10. The van der Waals surface area contributed by atoms with E-state index in [0.29, 0.717) is 19.1 Å². The highest BCUT2D eigenvalue weighted by Gasteiger charge is 2.26. The van der Waals surface area contributed by atoms with Gasteiger partial charge in [-0.25, -0.2) is 8.32 Å². The third kappa shape index (κ3) is 4.10. The maximum absolute atomic E-state index is 12.5. The molecule has 0 radical (unpaired) electrons. The van der Waals surface area contributed by atoms with E-state index in [9.17, 15) is 18.8 Å². The Bertz CT molecular complexity index is 520. The van der Waals surface area contributed by atoms with E-state index in [1.54, 1.807) is 0 Å². The summed E-state index contributed by atoms with van der Waals surface area (Å²) in [5.74, 6) is -1.08. The van der Waals surface area contributed by atoms with Crippen LogP contribution in [-0.2, 0) is 9.59 Å². The van der Waals surface area contributed by atoms with Gasteiger partial charge in [0.25, 0.3) is 0 Å². The molecule has 0 spiro atoms. The number of aromatic hydroxyl groups is 1. The van der Waals surface area contributed by atoms with Crippen molar-refractivity contribution in [3.05, 3.63) is 28.0 Å². The quantitative estimate of drug-likeness (QED) is 0.449. The molecular weight excluding hydrogens is 389 g/mol. The van der Waals surface area contributed by atoms with Crippen LogP contribution in [0, 0.1) is 5.82 Å². The first-order chi connectivity index (χ1) is 8.86. The lowest BCUT2D eigenvalue weighted by molar-refractivity contribution is -0.131. The number of halogens is 3. The summed E-state index contributed by atoms with van der Waals surface area (Å²) in [5.41, 5.74) is -0.0584. The molecule has 19 heavy (non-hydrogen) atoms. The molecule has 1 saturated heterocycles. The number of benzene rings is 1. The molecular formula is C11H8Br2FNO4. The molecule has 2 amide bonds. The average Bonchev–Trinajstić information content (AvgIpc) is 2.66. The summed E-state index contributed by atoms with van der Waals surface area (Å²) in [6.45, 7) is 0. The summed E-state index contributed by atoms with van der Waals surface area (Å²) < 4.78 is 13.7. The van der Waals surface area contributed by atoms with E-state index < -0.39 is 5.82 Å². The Morgan fingerprint density at radius 1 is 1.26 bits per heavy atom. The van der Waals surface area contributed by atoms with Crippen molar-refractivity contribution < 1.29 is 23.9 Å². The number of nitrogens with zero attached hydrogens (tertiary/aromatic N) is 1. The molecule has 1 aromatic carbocycles. The number of amides is 2. The van der Waals surface area contributed by atoms with Crippen molar-refractivity contribution in [2.75, 3.05) is 0 Å². The van der Waals surface area contributed by atoms with Gasteiger partial charge < -0.3 is 5.11 Å². The molecule has 0 atom stereocenters. The summed E-state index contributed by atoms with van der Waals surface area (Å²) >= 11 is 5.69. The number of carbonyl (C=O) groups is 3. The number of aldehydes is 1. The Balaban J connectivity index is 0.000000200. The number of imide groups is 1. The van der Waals surface area contributed by atoms with Crippen LogP contribution in [0.3, 0.4) is 0 Å². The average molecular weight is 397 g/mol. The van der Waals surface area contributed by atoms with Gasteiger partial charge in [0, 0.05) is 12.8 Å². The van der Waals surface area contributed by atoms with Crippen molar-refractivity contribution >= 4 is 50.2 Å². The number of rotatable bonds is 1. The highest BCUT2D eigenvalue weighted by atomic mass is 79.9. The fourth-order valence-corrected chi connectivity index (χ4v) is 2.03. The molecule has 0 aromatic heterocycles. The zero-order chi connectivity index (χ0) is 14.6. The van der Waals surface area contributed by atoms with E-state index in [0.717, 1.165) is 16.1 Å². The minimum Gasteiger partial charge on any atom is -0.506 e. The van der Waals surface area contributed by atoms with E-state index in [2.05, 4.69) is 32.1 Å². The summed E-state index contributed by atoms with van der Waals surface area (Å²) in [5, 5.41) is 9.08. The summed E-state index contributed by atoms with van der Waals surface area (Å²) in [6.07, 6.45) is 1.09. The van der Waals surface area contributed by atoms with Crippen molar-refractivity contribution in [3.8, 4) is 5.75 Å². The van der Waals surface area contributed by atoms with E-state index >= 15 is 0 Å². The van der Waals surface area contributed by atoms with Crippen molar-refractivity contribution in [2.24, 2.45) is 0 Å². The summed E-state index contributed by atoms with van der Waals surface area (Å²) in [7, 11) is 0. The van der Waals surface area contributed by atoms with E-state index in [4.69, 9.17) is 5.11 Å². The Morgan fingerprint density at radius 3 is 2.16 bits per heavy atom. The first kappa shape index (κ1) is 15.8. The topological polar surface area (TPSA) is 74.7 Å². The van der Waals surface area contributed by atoms with Crippen LogP contribution in [0.5, 0.6) is 5.75 Å². The molecule has 102 valence electrons. The zero-order valence-electron chi connectivity index (χ0n) is 9.40. The van der Waals surface area contributed by atoms with Crippen molar-refractivity contribution in [1.82, 2.24) is 3.93 Å². The predicted octanol–water partition coefficient (Wildman–Crippen LogP) is 2.55. The summed E-state index contributed by atoms with van der Waals surface area (Å²) in [4.78, 5) is 31.1. The molecule has 8 heteroatoms. The molecule has 2 rings (SSSR count). The van der Waals surface area contributed by atoms with Gasteiger partial charge in [0.05, 0.1) is 26.2 Å². The molecule has 1 N–H and O–H groups in total. The normalized spacial score (nSPS) is 14.2. The van der Waals surface area contributed by atoms with E-state index in [1.165, 1.54) is 0 Å². The smallest absolute Gasteiger partial charge is 0.239 e. The van der Waals surface area contributed by atoms with Crippen LogP contribution < -0.4 is 0 Å². The second-order valence-electron chi connectivity index (χ2n) is 3.51. The second kappa shape index (κ2) is 6.76. The van der Waals surface area contributed by atoms with E-state index in [1.807, 2.05) is 0 Å². The standard InChI is InChI=1S/C7H4BrFO2.C4H4BrNO2/c8-6-2-5(9)1-4(3-10)7(6)11;5-6-3(7)1-2-4(6)8/h1-3,11H;1-2H2. The van der Waals surface area contributed by atoms with Gasteiger partial charge in [0.15, 0.2) is 6.29 Å². The predicted molar refractivity (Wildman–Crippen MR) is 71.2 cm³/mol. The van der Waals surface area contributed by atoms with Crippen LogP contribution in [0.25, 0.3) is 0 Å². The van der Waals surface area contributed by atoms with Crippen LogP contribution in [0.15, 0.2) is 16.6 Å². The second-order valence-corrected chi connectivity index (χ2v) is 5.08. The number of carbonyl (C=O) groups excluding carboxylic acids is 3. The van der Waals surface area contributed by atoms with Crippen LogP contribution in [0.2, 0.25) is 0 Å². The van der Waals surface area contributed by atoms with Gasteiger partial charge in [-0.2, -0.15) is 0 Å². The highest BCUT2D eigenvalue weighted by Crippen LogP contribution is 2.27. The molecule has 0 aliphatic carbocycles. The first-order valence-electron chi connectivity index (χ1n) is 5.01. The minimum atomic E-state index is -0.559. The Hall–Kier alpha value is -1.28. The van der Waals surface area contributed by atoms with Gasteiger partial charge in [-0.1, -0.05) is 0 Å². The van der Waals surface area contributed by atoms with Crippen molar-refractivity contribution in [3.63, 3.8) is 0 Å². The molecule has 0 bridgehead atoms.